The van der Waals surface area contributed by atoms with Gasteiger partial charge in [-0.3, -0.25) is 4.79 Å². The van der Waals surface area contributed by atoms with E-state index in [2.05, 4.69) is 5.32 Å². The summed E-state index contributed by atoms with van der Waals surface area (Å²) in [7, 11) is 0. The molecule has 0 aromatic heterocycles. The summed E-state index contributed by atoms with van der Waals surface area (Å²) < 4.78 is 18.5. The lowest BCUT2D eigenvalue weighted by molar-refractivity contribution is -0.144. The fourth-order valence-corrected chi connectivity index (χ4v) is 1.90. The van der Waals surface area contributed by atoms with Crippen molar-refractivity contribution in [2.45, 2.75) is 39.8 Å². The van der Waals surface area contributed by atoms with Crippen LogP contribution in [0.25, 0.3) is 0 Å². The smallest absolute Gasteiger partial charge is 0.326 e. The molecule has 6 heteroatoms. The maximum atomic E-state index is 12.9. The van der Waals surface area contributed by atoms with Gasteiger partial charge in [-0.2, -0.15) is 0 Å². The minimum Gasteiger partial charge on any atom is -0.480 e. The van der Waals surface area contributed by atoms with Gasteiger partial charge >= 0.3 is 5.97 Å². The lowest BCUT2D eigenvalue weighted by Crippen LogP contribution is -2.51. The van der Waals surface area contributed by atoms with E-state index in [0.717, 1.165) is 0 Å². The second kappa shape index (κ2) is 7.77. The number of carbonyl (C=O) groups excluding carboxylic acids is 1. The maximum Gasteiger partial charge on any atom is 0.326 e. The van der Waals surface area contributed by atoms with E-state index < -0.39 is 29.8 Å². The molecule has 0 saturated heterocycles. The highest BCUT2D eigenvalue weighted by Crippen LogP contribution is 2.17. The van der Waals surface area contributed by atoms with E-state index in [1.165, 1.54) is 24.3 Å². The van der Waals surface area contributed by atoms with Gasteiger partial charge in [-0.1, -0.05) is 27.7 Å². The molecule has 1 aromatic carbocycles. The number of ether oxygens (including phenoxy) is 1. The van der Waals surface area contributed by atoms with E-state index in [0.29, 0.717) is 5.75 Å². The third-order valence-electron chi connectivity index (χ3n) is 3.17. The molecule has 2 unspecified atom stereocenters. The Labute approximate surface area is 129 Å². The van der Waals surface area contributed by atoms with Gasteiger partial charge in [0.15, 0.2) is 6.10 Å². The lowest BCUT2D eigenvalue weighted by atomic mass is 10.0. The van der Waals surface area contributed by atoms with Crippen LogP contribution in [0.1, 0.15) is 27.7 Å². The monoisotopic (exact) mass is 311 g/mol. The Kier molecular flexibility index (Phi) is 6.34. The average Bonchev–Trinajstić information content (AvgIpc) is 2.42. The minimum atomic E-state index is -1.09. The summed E-state index contributed by atoms with van der Waals surface area (Å²) in [6.07, 6.45) is -0.855. The van der Waals surface area contributed by atoms with Crippen LogP contribution >= 0.6 is 0 Å². The number of carboxylic acid groups (broad SMARTS) is 1. The van der Waals surface area contributed by atoms with Crippen molar-refractivity contribution in [1.29, 1.82) is 0 Å². The maximum absolute atomic E-state index is 12.9. The summed E-state index contributed by atoms with van der Waals surface area (Å²) in [4.78, 5) is 23.5. The van der Waals surface area contributed by atoms with Crippen LogP contribution in [0.4, 0.5) is 4.39 Å². The van der Waals surface area contributed by atoms with Crippen molar-refractivity contribution in [3.63, 3.8) is 0 Å². The molecule has 1 aromatic rings. The van der Waals surface area contributed by atoms with Crippen LogP contribution in [-0.4, -0.2) is 29.1 Å². The molecule has 0 saturated carbocycles. The van der Waals surface area contributed by atoms with Gasteiger partial charge < -0.3 is 15.2 Å². The molecule has 0 aliphatic heterocycles. The largest absolute Gasteiger partial charge is 0.480 e. The van der Waals surface area contributed by atoms with Gasteiger partial charge in [0.1, 0.15) is 17.6 Å². The predicted octanol–water partition coefficient (Wildman–Crippen LogP) is 2.45. The third-order valence-corrected chi connectivity index (χ3v) is 3.17. The zero-order chi connectivity index (χ0) is 16.9. The van der Waals surface area contributed by atoms with Gasteiger partial charge in [-0.25, -0.2) is 9.18 Å². The van der Waals surface area contributed by atoms with E-state index in [1.54, 1.807) is 27.7 Å². The van der Waals surface area contributed by atoms with Crippen LogP contribution in [0.5, 0.6) is 5.75 Å². The van der Waals surface area contributed by atoms with Crippen molar-refractivity contribution in [2.24, 2.45) is 11.8 Å². The van der Waals surface area contributed by atoms with Gasteiger partial charge in [-0.15, -0.1) is 0 Å². The van der Waals surface area contributed by atoms with E-state index in [-0.39, 0.29) is 11.8 Å². The van der Waals surface area contributed by atoms with Gasteiger partial charge in [0.25, 0.3) is 5.91 Å². The lowest BCUT2D eigenvalue weighted by Gasteiger charge is -2.25. The highest BCUT2D eigenvalue weighted by molar-refractivity contribution is 5.86. The van der Waals surface area contributed by atoms with Crippen LogP contribution in [0.2, 0.25) is 0 Å². The molecule has 0 aliphatic carbocycles. The second-order valence-electron chi connectivity index (χ2n) is 5.80. The summed E-state index contributed by atoms with van der Waals surface area (Å²) in [6, 6.07) is 4.34. The van der Waals surface area contributed by atoms with E-state index in [4.69, 9.17) is 9.84 Å². The first-order chi connectivity index (χ1) is 10.2. The number of carbonyl (C=O) groups is 2. The molecule has 2 N–H and O–H groups in total. The van der Waals surface area contributed by atoms with E-state index in [9.17, 15) is 14.0 Å². The van der Waals surface area contributed by atoms with Crippen LogP contribution in [-0.2, 0) is 9.59 Å². The quantitative estimate of drug-likeness (QED) is 0.811. The Morgan fingerprint density at radius 2 is 1.64 bits per heavy atom. The molecule has 0 heterocycles. The Bertz CT molecular complexity index is 513. The SMILES string of the molecule is CC(C)C(NC(=O)C(Oc1ccc(F)cc1)C(C)C)C(=O)O. The van der Waals surface area contributed by atoms with Gasteiger partial charge in [-0.05, 0) is 36.1 Å². The first-order valence-electron chi connectivity index (χ1n) is 7.17. The molecule has 5 nitrogen and oxygen atoms in total. The second-order valence-corrected chi connectivity index (χ2v) is 5.80. The molecular formula is C16H22FNO4. The number of nitrogens with one attached hydrogen (secondary N) is 1. The van der Waals surface area contributed by atoms with Crippen molar-refractivity contribution in [1.82, 2.24) is 5.32 Å². The van der Waals surface area contributed by atoms with Crippen molar-refractivity contribution < 1.29 is 23.8 Å². The van der Waals surface area contributed by atoms with E-state index >= 15 is 0 Å². The molecule has 22 heavy (non-hydrogen) atoms. The number of carboxylic acids is 1. The summed E-state index contributed by atoms with van der Waals surface area (Å²) in [5, 5.41) is 11.6. The van der Waals surface area contributed by atoms with Gasteiger partial charge in [0.05, 0.1) is 0 Å². The molecule has 1 rings (SSSR count). The number of halogens is 1. The first kappa shape index (κ1) is 17.9. The summed E-state index contributed by atoms with van der Waals surface area (Å²) in [6.45, 7) is 7.01. The minimum absolute atomic E-state index is 0.174. The fraction of sp³-hybridized carbons (Fsp3) is 0.500. The molecule has 0 aliphatic rings. The number of amides is 1. The van der Waals surface area contributed by atoms with Crippen molar-refractivity contribution in [3.8, 4) is 5.75 Å². The molecule has 1 amide bonds. The summed E-state index contributed by atoms with van der Waals surface area (Å²) >= 11 is 0. The standard InChI is InChI=1S/C16H22FNO4/c1-9(2)13(16(20)21)18-15(19)14(10(3)4)22-12-7-5-11(17)6-8-12/h5-10,13-14H,1-4H3,(H,18,19)(H,20,21). The Hall–Kier alpha value is -2.11. The Morgan fingerprint density at radius 3 is 2.05 bits per heavy atom. The van der Waals surface area contributed by atoms with Crippen LogP contribution in [0.3, 0.4) is 0 Å². The van der Waals surface area contributed by atoms with Gasteiger partial charge in [0.2, 0.25) is 0 Å². The number of rotatable bonds is 7. The average molecular weight is 311 g/mol. The first-order valence-corrected chi connectivity index (χ1v) is 7.17. The van der Waals surface area contributed by atoms with E-state index in [1.807, 2.05) is 0 Å². The van der Waals surface area contributed by atoms with Crippen molar-refractivity contribution in [2.75, 3.05) is 0 Å². The molecule has 0 fully saturated rings. The number of aliphatic carboxylic acids is 1. The van der Waals surface area contributed by atoms with Crippen LogP contribution in [0, 0.1) is 17.7 Å². The normalized spacial score (nSPS) is 13.8. The zero-order valence-electron chi connectivity index (χ0n) is 13.2. The van der Waals surface area contributed by atoms with Crippen LogP contribution < -0.4 is 10.1 Å². The number of hydrogen-bond donors (Lipinski definition) is 2. The highest BCUT2D eigenvalue weighted by Gasteiger charge is 2.30. The number of hydrogen-bond acceptors (Lipinski definition) is 3. The molecule has 2 atom stereocenters. The van der Waals surface area contributed by atoms with Gasteiger partial charge in [0, 0.05) is 0 Å². The molecular weight excluding hydrogens is 289 g/mol. The Balaban J connectivity index is 2.83. The fourth-order valence-electron chi connectivity index (χ4n) is 1.90. The Morgan fingerprint density at radius 1 is 1.09 bits per heavy atom. The third kappa shape index (κ3) is 5.02. The highest BCUT2D eigenvalue weighted by atomic mass is 19.1. The predicted molar refractivity (Wildman–Crippen MR) is 80.1 cm³/mol. The summed E-state index contributed by atoms with van der Waals surface area (Å²) in [5.74, 6) is -2.06. The van der Waals surface area contributed by atoms with Crippen molar-refractivity contribution >= 4 is 11.9 Å². The molecule has 0 radical (unpaired) electrons. The topological polar surface area (TPSA) is 75.6 Å². The van der Waals surface area contributed by atoms with Crippen molar-refractivity contribution in [3.05, 3.63) is 30.1 Å². The zero-order valence-corrected chi connectivity index (χ0v) is 13.2. The number of benzene rings is 1. The molecule has 0 bridgehead atoms. The summed E-state index contributed by atoms with van der Waals surface area (Å²) in [5.41, 5.74) is 0. The molecule has 0 spiro atoms. The molecule has 122 valence electrons. The van der Waals surface area contributed by atoms with Crippen LogP contribution in [0.15, 0.2) is 24.3 Å².